The van der Waals surface area contributed by atoms with Crippen molar-refractivity contribution in [1.29, 1.82) is 0 Å². The number of nitrogens with zero attached hydrogens (tertiary/aromatic N) is 1. The minimum absolute atomic E-state index is 0.0318. The van der Waals surface area contributed by atoms with Gasteiger partial charge in [0.2, 0.25) is 5.91 Å². The lowest BCUT2D eigenvalue weighted by molar-refractivity contribution is -0.119. The van der Waals surface area contributed by atoms with Crippen molar-refractivity contribution >= 4 is 5.91 Å². The van der Waals surface area contributed by atoms with Crippen LogP contribution in [-0.4, -0.2) is 10.9 Å². The van der Waals surface area contributed by atoms with E-state index < -0.39 is 0 Å². The van der Waals surface area contributed by atoms with Crippen LogP contribution >= 0.6 is 0 Å². The topological polar surface area (TPSA) is 42.0 Å². The Morgan fingerprint density at radius 1 is 1.40 bits per heavy atom. The second kappa shape index (κ2) is 7.74. The standard InChI is InChI=1S/C8H10N2O.C4H8/c1-7(11)10-6-8-4-2-3-5-9-8;1-4(2)3/h2-5H,6H2,1H3,(H,10,11);1H2,2-3H3. The first kappa shape index (κ1) is 13.4. The highest BCUT2D eigenvalue weighted by molar-refractivity contribution is 5.72. The third-order valence-electron chi connectivity index (χ3n) is 1.24. The molecule has 0 aromatic carbocycles. The quantitative estimate of drug-likeness (QED) is 0.754. The van der Waals surface area contributed by atoms with Crippen molar-refractivity contribution < 1.29 is 4.79 Å². The summed E-state index contributed by atoms with van der Waals surface area (Å²) in [6.07, 6.45) is 1.71. The molecule has 0 bridgehead atoms. The van der Waals surface area contributed by atoms with Crippen LogP contribution in [0.4, 0.5) is 0 Å². The maximum Gasteiger partial charge on any atom is 0.217 e. The predicted octanol–water partition coefficient (Wildman–Crippen LogP) is 2.30. The second-order valence-corrected chi connectivity index (χ2v) is 3.44. The van der Waals surface area contributed by atoms with Gasteiger partial charge in [-0.3, -0.25) is 9.78 Å². The smallest absolute Gasteiger partial charge is 0.217 e. The summed E-state index contributed by atoms with van der Waals surface area (Å²) in [5.74, 6) is -0.0318. The minimum atomic E-state index is -0.0318. The van der Waals surface area contributed by atoms with Crippen molar-refractivity contribution in [2.45, 2.75) is 27.3 Å². The molecule has 1 aromatic heterocycles. The summed E-state index contributed by atoms with van der Waals surface area (Å²) in [6.45, 7) is 9.50. The Kier molecular flexibility index (Phi) is 6.89. The average Bonchev–Trinajstić information content (AvgIpc) is 2.15. The lowest BCUT2D eigenvalue weighted by Gasteiger charge is -1.99. The number of hydrogen-bond donors (Lipinski definition) is 1. The fourth-order valence-electron chi connectivity index (χ4n) is 0.718. The van der Waals surface area contributed by atoms with Gasteiger partial charge in [0, 0.05) is 13.1 Å². The van der Waals surface area contributed by atoms with Crippen molar-refractivity contribution in [2.24, 2.45) is 0 Å². The van der Waals surface area contributed by atoms with Crippen LogP contribution in [0.15, 0.2) is 36.5 Å². The Morgan fingerprint density at radius 2 is 2.00 bits per heavy atom. The zero-order chi connectivity index (χ0) is 11.7. The maximum atomic E-state index is 10.5. The molecule has 1 rings (SSSR count). The maximum absolute atomic E-state index is 10.5. The van der Waals surface area contributed by atoms with E-state index in [-0.39, 0.29) is 5.91 Å². The molecule has 0 fully saturated rings. The zero-order valence-corrected chi connectivity index (χ0v) is 9.58. The summed E-state index contributed by atoms with van der Waals surface area (Å²) in [6, 6.07) is 5.61. The zero-order valence-electron chi connectivity index (χ0n) is 9.58. The van der Waals surface area contributed by atoms with Gasteiger partial charge in [-0.2, -0.15) is 0 Å². The lowest BCUT2D eigenvalue weighted by Crippen LogP contribution is -2.19. The number of pyridine rings is 1. The molecule has 0 aliphatic carbocycles. The summed E-state index contributed by atoms with van der Waals surface area (Å²) in [5, 5.41) is 2.66. The van der Waals surface area contributed by atoms with Gasteiger partial charge >= 0.3 is 0 Å². The van der Waals surface area contributed by atoms with E-state index in [0.29, 0.717) is 6.54 Å². The predicted molar refractivity (Wildman–Crippen MR) is 62.2 cm³/mol. The third-order valence-corrected chi connectivity index (χ3v) is 1.24. The van der Waals surface area contributed by atoms with Gasteiger partial charge in [-0.1, -0.05) is 11.6 Å². The van der Waals surface area contributed by atoms with Gasteiger partial charge in [0.25, 0.3) is 0 Å². The Labute approximate surface area is 91.2 Å². The van der Waals surface area contributed by atoms with E-state index in [9.17, 15) is 4.79 Å². The summed E-state index contributed by atoms with van der Waals surface area (Å²) >= 11 is 0. The van der Waals surface area contributed by atoms with Gasteiger partial charge in [-0.25, -0.2) is 0 Å². The van der Waals surface area contributed by atoms with Gasteiger partial charge < -0.3 is 5.32 Å². The Hall–Kier alpha value is -1.64. The van der Waals surface area contributed by atoms with E-state index in [1.807, 2.05) is 32.0 Å². The fourth-order valence-corrected chi connectivity index (χ4v) is 0.718. The van der Waals surface area contributed by atoms with Gasteiger partial charge in [-0.05, 0) is 26.0 Å². The van der Waals surface area contributed by atoms with Gasteiger partial charge in [0.1, 0.15) is 0 Å². The molecule has 0 radical (unpaired) electrons. The molecule has 1 heterocycles. The van der Waals surface area contributed by atoms with Gasteiger partial charge in [0.15, 0.2) is 0 Å². The normalized spacial score (nSPS) is 8.47. The number of allylic oxidation sites excluding steroid dienone is 1. The summed E-state index contributed by atoms with van der Waals surface area (Å²) < 4.78 is 0. The first-order valence-corrected chi connectivity index (χ1v) is 4.79. The molecule has 15 heavy (non-hydrogen) atoms. The molecule has 3 heteroatoms. The molecule has 0 aliphatic rings. The Morgan fingerprint density at radius 3 is 2.40 bits per heavy atom. The summed E-state index contributed by atoms with van der Waals surface area (Å²) in [4.78, 5) is 14.5. The monoisotopic (exact) mass is 206 g/mol. The highest BCUT2D eigenvalue weighted by Crippen LogP contribution is 1.90. The molecule has 0 saturated heterocycles. The van der Waals surface area contributed by atoms with E-state index >= 15 is 0 Å². The summed E-state index contributed by atoms with van der Waals surface area (Å²) in [7, 11) is 0. The average molecular weight is 206 g/mol. The molecule has 0 saturated carbocycles. The van der Waals surface area contributed by atoms with E-state index in [1.54, 1.807) is 6.20 Å². The summed E-state index contributed by atoms with van der Waals surface area (Å²) in [5.41, 5.74) is 2.04. The molecular weight excluding hydrogens is 188 g/mol. The van der Waals surface area contributed by atoms with E-state index in [1.165, 1.54) is 12.5 Å². The van der Waals surface area contributed by atoms with E-state index in [2.05, 4.69) is 16.9 Å². The number of nitrogens with one attached hydrogen (secondary N) is 1. The fraction of sp³-hybridized carbons (Fsp3) is 0.333. The Balaban J connectivity index is 0.000000423. The van der Waals surface area contributed by atoms with Crippen LogP contribution in [-0.2, 0) is 11.3 Å². The van der Waals surface area contributed by atoms with Crippen LogP contribution in [0, 0.1) is 0 Å². The molecule has 3 nitrogen and oxygen atoms in total. The molecular formula is C12H18N2O. The molecule has 1 amide bonds. The number of amides is 1. The highest BCUT2D eigenvalue weighted by atomic mass is 16.1. The van der Waals surface area contributed by atoms with Crippen LogP contribution in [0.25, 0.3) is 0 Å². The van der Waals surface area contributed by atoms with Crippen LogP contribution in [0.3, 0.4) is 0 Å². The van der Waals surface area contributed by atoms with Gasteiger partial charge in [-0.15, -0.1) is 6.58 Å². The van der Waals surface area contributed by atoms with Crippen molar-refractivity contribution in [2.75, 3.05) is 0 Å². The molecule has 0 atom stereocenters. The third kappa shape index (κ3) is 10.3. The molecule has 0 aliphatic heterocycles. The molecule has 82 valence electrons. The SMILES string of the molecule is C=C(C)C.CC(=O)NCc1ccccn1. The van der Waals surface area contributed by atoms with Crippen LogP contribution < -0.4 is 5.32 Å². The minimum Gasteiger partial charge on any atom is -0.351 e. The van der Waals surface area contributed by atoms with Crippen molar-refractivity contribution in [3.05, 3.63) is 42.2 Å². The number of carbonyl (C=O) groups excluding carboxylic acids is 1. The molecule has 0 unspecified atom stereocenters. The number of hydrogen-bond acceptors (Lipinski definition) is 2. The molecule has 1 N–H and O–H groups in total. The largest absolute Gasteiger partial charge is 0.351 e. The number of carbonyl (C=O) groups is 1. The Bertz CT molecular complexity index is 303. The molecule has 1 aromatic rings. The van der Waals surface area contributed by atoms with Crippen LogP contribution in [0.1, 0.15) is 26.5 Å². The van der Waals surface area contributed by atoms with E-state index in [0.717, 1.165) is 5.69 Å². The first-order chi connectivity index (χ1) is 7.02. The van der Waals surface area contributed by atoms with Crippen LogP contribution in [0.5, 0.6) is 0 Å². The van der Waals surface area contributed by atoms with Gasteiger partial charge in [0.05, 0.1) is 12.2 Å². The lowest BCUT2D eigenvalue weighted by atomic mass is 10.3. The van der Waals surface area contributed by atoms with E-state index in [4.69, 9.17) is 0 Å². The molecule has 0 spiro atoms. The number of aromatic nitrogens is 1. The van der Waals surface area contributed by atoms with Crippen LogP contribution in [0.2, 0.25) is 0 Å². The number of rotatable bonds is 2. The highest BCUT2D eigenvalue weighted by Gasteiger charge is 1.92. The van der Waals surface area contributed by atoms with Crippen molar-refractivity contribution in [3.63, 3.8) is 0 Å². The first-order valence-electron chi connectivity index (χ1n) is 4.79. The second-order valence-electron chi connectivity index (χ2n) is 3.44. The van der Waals surface area contributed by atoms with Crippen molar-refractivity contribution in [1.82, 2.24) is 10.3 Å². The van der Waals surface area contributed by atoms with Crippen molar-refractivity contribution in [3.8, 4) is 0 Å².